The molecule has 0 aromatic heterocycles. The highest BCUT2D eigenvalue weighted by Gasteiger charge is 2.56. The van der Waals surface area contributed by atoms with Gasteiger partial charge in [0, 0.05) is 16.5 Å². The van der Waals surface area contributed by atoms with Crippen molar-refractivity contribution < 1.29 is 27.8 Å². The van der Waals surface area contributed by atoms with Gasteiger partial charge in [-0.15, -0.1) is 0 Å². The zero-order valence-electron chi connectivity index (χ0n) is 12.1. The Morgan fingerprint density at radius 2 is 1.79 bits per heavy atom. The predicted molar refractivity (Wildman–Crippen MR) is 81.3 cm³/mol. The molecule has 0 saturated carbocycles. The highest BCUT2D eigenvalue weighted by atomic mass is 35.5. The predicted octanol–water partition coefficient (Wildman–Crippen LogP) is 4.50. The van der Waals surface area contributed by atoms with Crippen molar-refractivity contribution in [3.05, 3.63) is 64.7 Å². The van der Waals surface area contributed by atoms with E-state index in [1.165, 1.54) is 18.2 Å². The molecule has 0 amide bonds. The molecule has 1 unspecified atom stereocenters. The van der Waals surface area contributed by atoms with Crippen LogP contribution in [0.15, 0.2) is 48.5 Å². The molecule has 0 fully saturated rings. The molecule has 0 bridgehead atoms. The number of ether oxygens (including phenoxy) is 1. The second-order valence-electron chi connectivity index (χ2n) is 5.51. The number of hydrogen-bond donors (Lipinski definition) is 1. The van der Waals surface area contributed by atoms with Crippen molar-refractivity contribution in [3.8, 4) is 5.75 Å². The standard InChI is InChI=1S/C17H12ClF3O3/c18-10-6-7-12-11(8-10)13(9-4-2-1-3-5-9)14(16(22)23)15(24-12)17(19,20)21/h1-8,13-15H,(H,22,23)/t13?,14-,15+/m1/s1. The van der Waals surface area contributed by atoms with Gasteiger partial charge in [0.25, 0.3) is 0 Å². The Hall–Kier alpha value is -2.21. The van der Waals surface area contributed by atoms with Crippen molar-refractivity contribution in [2.45, 2.75) is 18.2 Å². The molecule has 1 heterocycles. The SMILES string of the molecule is O=C(O)[C@@H]1C(c2ccccc2)c2cc(Cl)ccc2O[C@@H]1C(F)(F)F. The second kappa shape index (κ2) is 6.02. The summed E-state index contributed by atoms with van der Waals surface area (Å²) in [6.45, 7) is 0. The maximum absolute atomic E-state index is 13.4. The molecule has 1 aliphatic rings. The van der Waals surface area contributed by atoms with Crippen LogP contribution in [0.3, 0.4) is 0 Å². The third-order valence-corrected chi connectivity index (χ3v) is 4.25. The summed E-state index contributed by atoms with van der Waals surface area (Å²) in [7, 11) is 0. The number of alkyl halides is 3. The van der Waals surface area contributed by atoms with Gasteiger partial charge in [-0.05, 0) is 23.8 Å². The molecule has 126 valence electrons. The molecule has 2 aromatic rings. The summed E-state index contributed by atoms with van der Waals surface area (Å²) in [5, 5.41) is 9.78. The summed E-state index contributed by atoms with van der Waals surface area (Å²) < 4.78 is 45.2. The van der Waals surface area contributed by atoms with Crippen molar-refractivity contribution in [2.24, 2.45) is 5.92 Å². The second-order valence-corrected chi connectivity index (χ2v) is 5.95. The van der Waals surface area contributed by atoms with E-state index in [1.54, 1.807) is 30.3 Å². The van der Waals surface area contributed by atoms with Crippen molar-refractivity contribution in [3.63, 3.8) is 0 Å². The van der Waals surface area contributed by atoms with E-state index in [0.717, 1.165) is 0 Å². The number of halogens is 4. The van der Waals surface area contributed by atoms with Crippen LogP contribution in [0.1, 0.15) is 17.0 Å². The largest absolute Gasteiger partial charge is 0.481 e. The first-order valence-corrected chi connectivity index (χ1v) is 7.47. The number of carboxylic acids is 1. The quantitative estimate of drug-likeness (QED) is 0.862. The molecule has 3 atom stereocenters. The molecule has 7 heteroatoms. The Bertz CT molecular complexity index is 761. The summed E-state index contributed by atoms with van der Waals surface area (Å²) in [5.74, 6) is -4.40. The van der Waals surface area contributed by atoms with Gasteiger partial charge in [0.15, 0.2) is 0 Å². The van der Waals surface area contributed by atoms with Crippen LogP contribution in [0.25, 0.3) is 0 Å². The Morgan fingerprint density at radius 1 is 1.12 bits per heavy atom. The number of aliphatic carboxylic acids is 1. The normalized spacial score (nSPS) is 23.2. The van der Waals surface area contributed by atoms with Crippen LogP contribution in [-0.2, 0) is 4.79 Å². The number of rotatable bonds is 2. The minimum atomic E-state index is -4.81. The summed E-state index contributed by atoms with van der Waals surface area (Å²) in [6, 6.07) is 12.4. The van der Waals surface area contributed by atoms with Crippen LogP contribution in [0.5, 0.6) is 5.75 Å². The number of benzene rings is 2. The highest BCUT2D eigenvalue weighted by Crippen LogP contribution is 2.48. The zero-order valence-corrected chi connectivity index (χ0v) is 12.9. The van der Waals surface area contributed by atoms with E-state index in [1.807, 2.05) is 0 Å². The topological polar surface area (TPSA) is 46.5 Å². The molecule has 0 radical (unpaired) electrons. The van der Waals surface area contributed by atoms with E-state index >= 15 is 0 Å². The molecule has 0 spiro atoms. The van der Waals surface area contributed by atoms with E-state index in [0.29, 0.717) is 16.1 Å². The molecular formula is C17H12ClF3O3. The lowest BCUT2D eigenvalue weighted by molar-refractivity contribution is -0.219. The number of carboxylic acid groups (broad SMARTS) is 1. The van der Waals surface area contributed by atoms with Crippen LogP contribution in [0.4, 0.5) is 13.2 Å². The van der Waals surface area contributed by atoms with Gasteiger partial charge in [-0.2, -0.15) is 13.2 Å². The third-order valence-electron chi connectivity index (χ3n) is 4.01. The smallest absolute Gasteiger partial charge is 0.426 e. The summed E-state index contributed by atoms with van der Waals surface area (Å²) in [6.07, 6.45) is -7.25. The first-order chi connectivity index (χ1) is 11.3. The molecule has 0 saturated heterocycles. The first kappa shape index (κ1) is 16.6. The molecule has 1 aliphatic heterocycles. The van der Waals surface area contributed by atoms with E-state index in [-0.39, 0.29) is 5.75 Å². The Morgan fingerprint density at radius 3 is 2.38 bits per heavy atom. The molecule has 1 N–H and O–H groups in total. The summed E-state index contributed by atoms with van der Waals surface area (Å²) in [5.41, 5.74) is 0.799. The minimum Gasteiger partial charge on any atom is -0.481 e. The zero-order chi connectivity index (χ0) is 17.5. The molecule has 2 aromatic carbocycles. The van der Waals surface area contributed by atoms with E-state index in [4.69, 9.17) is 16.3 Å². The van der Waals surface area contributed by atoms with E-state index in [9.17, 15) is 23.1 Å². The number of fused-ring (bicyclic) bond motifs is 1. The molecule has 3 nitrogen and oxygen atoms in total. The fourth-order valence-electron chi connectivity index (χ4n) is 3.04. The maximum Gasteiger partial charge on any atom is 0.426 e. The minimum absolute atomic E-state index is 0.00641. The Kier molecular flexibility index (Phi) is 4.17. The average Bonchev–Trinajstić information content (AvgIpc) is 2.52. The van der Waals surface area contributed by atoms with Gasteiger partial charge < -0.3 is 9.84 Å². The molecule has 3 rings (SSSR count). The highest BCUT2D eigenvalue weighted by molar-refractivity contribution is 6.30. The van der Waals surface area contributed by atoms with Crippen molar-refractivity contribution >= 4 is 17.6 Å². The van der Waals surface area contributed by atoms with Gasteiger partial charge in [0.1, 0.15) is 11.7 Å². The van der Waals surface area contributed by atoms with Gasteiger partial charge in [0.2, 0.25) is 6.10 Å². The van der Waals surface area contributed by atoms with Crippen LogP contribution in [0, 0.1) is 5.92 Å². The number of carbonyl (C=O) groups is 1. The van der Waals surface area contributed by atoms with E-state index < -0.39 is 30.1 Å². The maximum atomic E-state index is 13.4. The summed E-state index contributed by atoms with van der Waals surface area (Å²) >= 11 is 5.96. The first-order valence-electron chi connectivity index (χ1n) is 7.09. The molecular weight excluding hydrogens is 345 g/mol. The van der Waals surface area contributed by atoms with Crippen LogP contribution in [-0.4, -0.2) is 23.4 Å². The number of hydrogen-bond acceptors (Lipinski definition) is 2. The fraction of sp³-hybridized carbons (Fsp3) is 0.235. The molecule has 0 aliphatic carbocycles. The van der Waals surface area contributed by atoms with Crippen molar-refractivity contribution in [1.82, 2.24) is 0 Å². The Labute approximate surface area is 140 Å². The van der Waals surface area contributed by atoms with Gasteiger partial charge in [-0.25, -0.2) is 0 Å². The van der Waals surface area contributed by atoms with Gasteiger partial charge in [-0.1, -0.05) is 41.9 Å². The van der Waals surface area contributed by atoms with E-state index in [2.05, 4.69) is 0 Å². The van der Waals surface area contributed by atoms with Gasteiger partial charge in [0.05, 0.1) is 0 Å². The van der Waals surface area contributed by atoms with Crippen LogP contribution in [0.2, 0.25) is 5.02 Å². The monoisotopic (exact) mass is 356 g/mol. The van der Waals surface area contributed by atoms with Crippen molar-refractivity contribution in [1.29, 1.82) is 0 Å². The lowest BCUT2D eigenvalue weighted by atomic mass is 9.75. The lowest BCUT2D eigenvalue weighted by Gasteiger charge is -2.38. The lowest BCUT2D eigenvalue weighted by Crippen LogP contribution is -2.49. The van der Waals surface area contributed by atoms with Crippen LogP contribution >= 0.6 is 11.6 Å². The average molecular weight is 357 g/mol. The Balaban J connectivity index is 2.24. The fourth-order valence-corrected chi connectivity index (χ4v) is 3.22. The third kappa shape index (κ3) is 2.94. The van der Waals surface area contributed by atoms with Crippen LogP contribution < -0.4 is 4.74 Å². The molecule has 24 heavy (non-hydrogen) atoms. The van der Waals surface area contributed by atoms with Crippen molar-refractivity contribution in [2.75, 3.05) is 0 Å². The summed E-state index contributed by atoms with van der Waals surface area (Å²) in [4.78, 5) is 11.7. The van der Waals surface area contributed by atoms with Gasteiger partial charge >= 0.3 is 12.1 Å². The van der Waals surface area contributed by atoms with Gasteiger partial charge in [-0.3, -0.25) is 4.79 Å².